The van der Waals surface area contributed by atoms with Gasteiger partial charge in [0.05, 0.1) is 7.11 Å². The zero-order valence-corrected chi connectivity index (χ0v) is 8.66. The molecule has 0 radical (unpaired) electrons. The van der Waals surface area contributed by atoms with Crippen LogP contribution in [0.3, 0.4) is 0 Å². The molecule has 0 saturated heterocycles. The highest BCUT2D eigenvalue weighted by Gasteiger charge is 2.14. The summed E-state index contributed by atoms with van der Waals surface area (Å²) in [5.41, 5.74) is 0.236. The highest BCUT2D eigenvalue weighted by molar-refractivity contribution is 5.84. The minimum Gasteiger partial charge on any atom is -0.494 e. The van der Waals surface area contributed by atoms with Gasteiger partial charge in [-0.1, -0.05) is 12.1 Å². The Hall–Kier alpha value is -1.42. The quantitative estimate of drug-likeness (QED) is 0.818. The van der Waals surface area contributed by atoms with Gasteiger partial charge in [0.15, 0.2) is 17.3 Å². The van der Waals surface area contributed by atoms with Crippen molar-refractivity contribution in [1.82, 2.24) is 0 Å². The zero-order chi connectivity index (χ0) is 11.4. The molecule has 0 aliphatic rings. The fourth-order valence-electron chi connectivity index (χ4n) is 1.19. The molecule has 15 heavy (non-hydrogen) atoms. The summed E-state index contributed by atoms with van der Waals surface area (Å²) in [6, 6.07) is 4.58. The smallest absolute Gasteiger partial charge is 0.168 e. The number of aliphatic hydroxyl groups is 1. The summed E-state index contributed by atoms with van der Waals surface area (Å²) in [5, 5.41) is 9.00. The highest BCUT2D eigenvalue weighted by atomic mass is 19.1. The maximum absolute atomic E-state index is 13.5. The van der Waals surface area contributed by atoms with Crippen LogP contribution in [0, 0.1) is 5.82 Å². The molecule has 0 fully saturated rings. The summed E-state index contributed by atoms with van der Waals surface area (Å²) in [6.45, 7) is 1.36. The molecule has 1 N–H and O–H groups in total. The third kappa shape index (κ3) is 2.76. The molecule has 0 amide bonds. The Morgan fingerprint density at radius 1 is 1.60 bits per heavy atom. The fourth-order valence-corrected chi connectivity index (χ4v) is 1.19. The van der Waals surface area contributed by atoms with Crippen LogP contribution in [0.1, 0.15) is 12.5 Å². The number of hydrogen-bond acceptors (Lipinski definition) is 3. The molecule has 0 bridgehead atoms. The molecule has 0 heterocycles. The van der Waals surface area contributed by atoms with E-state index >= 15 is 0 Å². The molecule has 1 rings (SSSR count). The minimum absolute atomic E-state index is 0.103. The van der Waals surface area contributed by atoms with Crippen molar-refractivity contribution in [3.63, 3.8) is 0 Å². The second kappa shape index (κ2) is 4.89. The van der Waals surface area contributed by atoms with Crippen LogP contribution in [0.5, 0.6) is 5.75 Å². The van der Waals surface area contributed by atoms with Gasteiger partial charge in [0, 0.05) is 6.42 Å². The van der Waals surface area contributed by atoms with Gasteiger partial charge in [-0.2, -0.15) is 0 Å². The highest BCUT2D eigenvalue weighted by Crippen LogP contribution is 2.20. The first kappa shape index (κ1) is 11.7. The standard InChI is InChI=1S/C11H13FO3/c1-7(13)9(14)6-8-4-3-5-10(15-2)11(8)12/h3-5,7,13H,6H2,1-2H3. The molecule has 0 saturated carbocycles. The first-order valence-electron chi connectivity index (χ1n) is 4.58. The van der Waals surface area contributed by atoms with Crippen LogP contribution < -0.4 is 4.74 Å². The lowest BCUT2D eigenvalue weighted by atomic mass is 10.1. The number of ether oxygens (including phenoxy) is 1. The number of methoxy groups -OCH3 is 1. The molecule has 0 aromatic heterocycles. The first-order chi connectivity index (χ1) is 7.06. The number of hydrogen-bond donors (Lipinski definition) is 1. The summed E-state index contributed by atoms with van der Waals surface area (Å²) < 4.78 is 18.3. The predicted octanol–water partition coefficient (Wildman–Crippen LogP) is 1.33. The average Bonchev–Trinajstić information content (AvgIpc) is 2.21. The Kier molecular flexibility index (Phi) is 3.80. The van der Waals surface area contributed by atoms with Crippen LogP contribution in [0.25, 0.3) is 0 Å². The Bertz CT molecular complexity index is 361. The van der Waals surface area contributed by atoms with Gasteiger partial charge in [0.2, 0.25) is 0 Å². The van der Waals surface area contributed by atoms with Gasteiger partial charge in [-0.3, -0.25) is 4.79 Å². The molecule has 82 valence electrons. The average molecular weight is 212 g/mol. The SMILES string of the molecule is COc1cccc(CC(=O)C(C)O)c1F. The number of halogens is 1. The lowest BCUT2D eigenvalue weighted by Crippen LogP contribution is -2.18. The van der Waals surface area contributed by atoms with Gasteiger partial charge in [-0.05, 0) is 18.6 Å². The van der Waals surface area contributed by atoms with E-state index in [1.807, 2.05) is 0 Å². The van der Waals surface area contributed by atoms with E-state index in [1.165, 1.54) is 26.2 Å². The number of carbonyl (C=O) groups excluding carboxylic acids is 1. The molecule has 0 aliphatic heterocycles. The molecule has 1 atom stereocenters. The fraction of sp³-hybridized carbons (Fsp3) is 0.364. The van der Waals surface area contributed by atoms with Gasteiger partial charge in [0.25, 0.3) is 0 Å². The van der Waals surface area contributed by atoms with Crippen LogP contribution in [-0.4, -0.2) is 24.1 Å². The molecule has 4 heteroatoms. The maximum Gasteiger partial charge on any atom is 0.168 e. The van der Waals surface area contributed by atoms with Crippen LogP contribution in [-0.2, 0) is 11.2 Å². The molecular weight excluding hydrogens is 199 g/mol. The van der Waals surface area contributed by atoms with E-state index in [9.17, 15) is 9.18 Å². The lowest BCUT2D eigenvalue weighted by Gasteiger charge is -2.07. The van der Waals surface area contributed by atoms with Crippen molar-refractivity contribution in [2.24, 2.45) is 0 Å². The van der Waals surface area contributed by atoms with Gasteiger partial charge in [0.1, 0.15) is 6.10 Å². The van der Waals surface area contributed by atoms with Crippen LogP contribution >= 0.6 is 0 Å². The van der Waals surface area contributed by atoms with Crippen molar-refractivity contribution in [2.45, 2.75) is 19.4 Å². The van der Waals surface area contributed by atoms with E-state index < -0.39 is 17.7 Å². The van der Waals surface area contributed by atoms with E-state index in [-0.39, 0.29) is 17.7 Å². The topological polar surface area (TPSA) is 46.5 Å². The molecule has 1 unspecified atom stereocenters. The number of Topliss-reactive ketones (excluding diaryl/α,β-unsaturated/α-hetero) is 1. The summed E-state index contributed by atoms with van der Waals surface area (Å²) >= 11 is 0. The second-order valence-electron chi connectivity index (χ2n) is 3.25. The second-order valence-corrected chi connectivity index (χ2v) is 3.25. The van der Waals surface area contributed by atoms with Crippen molar-refractivity contribution >= 4 is 5.78 Å². The van der Waals surface area contributed by atoms with E-state index in [1.54, 1.807) is 6.07 Å². The van der Waals surface area contributed by atoms with Crippen molar-refractivity contribution in [1.29, 1.82) is 0 Å². The number of ketones is 1. The van der Waals surface area contributed by atoms with Crippen LogP contribution in [0.2, 0.25) is 0 Å². The van der Waals surface area contributed by atoms with Crippen molar-refractivity contribution < 1.29 is 19.0 Å². The zero-order valence-electron chi connectivity index (χ0n) is 8.66. The van der Waals surface area contributed by atoms with Gasteiger partial charge in [-0.15, -0.1) is 0 Å². The summed E-state index contributed by atoms with van der Waals surface area (Å²) in [5.74, 6) is -0.859. The molecular formula is C11H13FO3. The Labute approximate surface area is 87.5 Å². The van der Waals surface area contributed by atoms with Gasteiger partial charge >= 0.3 is 0 Å². The van der Waals surface area contributed by atoms with Gasteiger partial charge in [-0.25, -0.2) is 4.39 Å². The van der Waals surface area contributed by atoms with Crippen molar-refractivity contribution in [2.75, 3.05) is 7.11 Å². The van der Waals surface area contributed by atoms with Crippen molar-refractivity contribution in [3.05, 3.63) is 29.6 Å². The maximum atomic E-state index is 13.5. The summed E-state index contributed by atoms with van der Waals surface area (Å²) in [4.78, 5) is 11.2. The van der Waals surface area contributed by atoms with Gasteiger partial charge < -0.3 is 9.84 Å². The number of rotatable bonds is 4. The monoisotopic (exact) mass is 212 g/mol. The normalized spacial score (nSPS) is 12.3. The van der Waals surface area contributed by atoms with Crippen LogP contribution in [0.15, 0.2) is 18.2 Å². The predicted molar refractivity (Wildman–Crippen MR) is 53.3 cm³/mol. The molecule has 0 aliphatic carbocycles. The largest absolute Gasteiger partial charge is 0.494 e. The Morgan fingerprint density at radius 2 is 2.27 bits per heavy atom. The summed E-state index contributed by atoms with van der Waals surface area (Å²) in [7, 11) is 1.36. The van der Waals surface area contributed by atoms with E-state index in [0.717, 1.165) is 0 Å². The van der Waals surface area contributed by atoms with E-state index in [4.69, 9.17) is 9.84 Å². The number of benzene rings is 1. The molecule has 1 aromatic rings. The Morgan fingerprint density at radius 3 is 2.80 bits per heavy atom. The minimum atomic E-state index is -1.07. The molecule has 0 spiro atoms. The summed E-state index contributed by atoms with van der Waals surface area (Å²) in [6.07, 6.45) is -1.20. The van der Waals surface area contributed by atoms with Crippen LogP contribution in [0.4, 0.5) is 4.39 Å². The third-order valence-electron chi connectivity index (χ3n) is 2.09. The molecule has 1 aromatic carbocycles. The number of aliphatic hydroxyl groups excluding tert-OH is 1. The van der Waals surface area contributed by atoms with E-state index in [0.29, 0.717) is 0 Å². The Balaban J connectivity index is 2.91. The van der Waals surface area contributed by atoms with Crippen molar-refractivity contribution in [3.8, 4) is 5.75 Å². The molecule has 3 nitrogen and oxygen atoms in total. The third-order valence-corrected chi connectivity index (χ3v) is 2.09. The first-order valence-corrected chi connectivity index (χ1v) is 4.58. The lowest BCUT2D eigenvalue weighted by molar-refractivity contribution is -0.125. The van der Waals surface area contributed by atoms with E-state index in [2.05, 4.69) is 0 Å². The number of carbonyl (C=O) groups is 1.